The summed E-state index contributed by atoms with van der Waals surface area (Å²) in [6.45, 7) is 0. The van der Waals surface area contributed by atoms with E-state index in [0.717, 1.165) is 11.8 Å². The third-order valence-electron chi connectivity index (χ3n) is 4.54. The number of hydrogen-bond donors (Lipinski definition) is 2. The van der Waals surface area contributed by atoms with Crippen molar-refractivity contribution in [1.82, 2.24) is 20.3 Å². The van der Waals surface area contributed by atoms with Crippen molar-refractivity contribution in [2.45, 2.75) is 16.3 Å². The number of urea groups is 1. The van der Waals surface area contributed by atoms with Gasteiger partial charge in [0.2, 0.25) is 5.95 Å². The predicted molar refractivity (Wildman–Crippen MR) is 103 cm³/mol. The van der Waals surface area contributed by atoms with Crippen LogP contribution in [0.5, 0.6) is 11.5 Å². The molecule has 2 aromatic heterocycles. The summed E-state index contributed by atoms with van der Waals surface area (Å²) in [5, 5.41) is 12.0. The second kappa shape index (κ2) is 6.74. The van der Waals surface area contributed by atoms with Crippen LogP contribution >= 0.6 is 11.8 Å². The van der Waals surface area contributed by atoms with Gasteiger partial charge in [0.25, 0.3) is 0 Å². The van der Waals surface area contributed by atoms with Crippen LogP contribution in [0.15, 0.2) is 60.0 Å². The number of carboxylic acid groups (broad SMARTS) is 1. The number of aromatic nitrogens is 3. The third kappa shape index (κ3) is 2.93. The van der Waals surface area contributed by atoms with Crippen LogP contribution in [-0.4, -0.2) is 37.3 Å². The Bertz CT molecular complexity index is 1110. The van der Waals surface area contributed by atoms with Crippen molar-refractivity contribution >= 4 is 35.4 Å². The van der Waals surface area contributed by atoms with E-state index in [1.807, 2.05) is 30.3 Å². The van der Waals surface area contributed by atoms with Crippen LogP contribution in [-0.2, 0) is 4.79 Å². The molecule has 0 saturated heterocycles. The minimum Gasteiger partial charge on any atom is -0.480 e. The molecule has 3 aromatic rings. The van der Waals surface area contributed by atoms with E-state index < -0.39 is 23.3 Å². The number of amides is 2. The molecule has 0 spiro atoms. The Morgan fingerprint density at radius 1 is 1.10 bits per heavy atom. The molecule has 1 aromatic carbocycles. The standard InChI is InChI=1S/C19H13N5O4S/c25-17(26)15-14-13-12(6-7-20-16(13)29-15)24(19(27)23-14)18-21-8-11(9-22-18)28-10-4-2-1-3-5-10/h1-9,14-15H,(H,23,27)(H,25,26). The Labute approximate surface area is 168 Å². The number of hydrogen-bond acceptors (Lipinski definition) is 7. The molecule has 2 unspecified atom stereocenters. The van der Waals surface area contributed by atoms with E-state index >= 15 is 0 Å². The van der Waals surface area contributed by atoms with Crippen LogP contribution < -0.4 is 15.0 Å². The maximum atomic E-state index is 12.8. The Morgan fingerprint density at radius 3 is 2.59 bits per heavy atom. The lowest BCUT2D eigenvalue weighted by Gasteiger charge is -2.32. The number of carboxylic acids is 1. The van der Waals surface area contributed by atoms with E-state index in [9.17, 15) is 14.7 Å². The zero-order valence-corrected chi connectivity index (χ0v) is 15.5. The van der Waals surface area contributed by atoms with Crippen molar-refractivity contribution in [3.8, 4) is 11.5 Å². The van der Waals surface area contributed by atoms with E-state index in [-0.39, 0.29) is 5.95 Å². The van der Waals surface area contributed by atoms with Crippen LogP contribution in [0.4, 0.5) is 16.4 Å². The Kier molecular flexibility index (Phi) is 4.06. The SMILES string of the molecule is O=C(O)C1Sc2nccc3c2C1NC(=O)N3c1ncc(Oc2ccccc2)cn1. The topological polar surface area (TPSA) is 118 Å². The number of carbonyl (C=O) groups excluding carboxylic acids is 1. The summed E-state index contributed by atoms with van der Waals surface area (Å²) in [4.78, 5) is 38.4. The highest BCUT2D eigenvalue weighted by molar-refractivity contribution is 8.00. The Morgan fingerprint density at radius 2 is 1.86 bits per heavy atom. The second-order valence-electron chi connectivity index (χ2n) is 6.32. The van der Waals surface area contributed by atoms with Crippen LogP contribution in [0.3, 0.4) is 0 Å². The molecule has 2 amide bonds. The number of nitrogens with one attached hydrogen (secondary N) is 1. The molecule has 0 saturated carbocycles. The zero-order valence-electron chi connectivity index (χ0n) is 14.7. The molecular formula is C19H13N5O4S. The van der Waals surface area contributed by atoms with E-state index in [2.05, 4.69) is 20.3 Å². The Hall–Kier alpha value is -3.66. The third-order valence-corrected chi connectivity index (χ3v) is 5.82. The summed E-state index contributed by atoms with van der Waals surface area (Å²) in [6, 6.07) is 9.72. The molecule has 0 radical (unpaired) electrons. The minimum atomic E-state index is -1.00. The van der Waals surface area contributed by atoms with Gasteiger partial charge in [0.1, 0.15) is 16.0 Å². The first-order valence-electron chi connectivity index (χ1n) is 8.66. The molecule has 10 heteroatoms. The fourth-order valence-corrected chi connectivity index (χ4v) is 4.48. The van der Waals surface area contributed by atoms with E-state index in [4.69, 9.17) is 4.74 Å². The summed E-state index contributed by atoms with van der Waals surface area (Å²) in [6.07, 6.45) is 4.50. The fraction of sp³-hybridized carbons (Fsp3) is 0.105. The van der Waals surface area contributed by atoms with E-state index in [1.165, 1.54) is 17.3 Å². The highest BCUT2D eigenvalue weighted by Crippen LogP contribution is 2.50. The molecule has 0 bridgehead atoms. The van der Waals surface area contributed by atoms with Gasteiger partial charge in [-0.2, -0.15) is 0 Å². The predicted octanol–water partition coefficient (Wildman–Crippen LogP) is 3.13. The summed E-state index contributed by atoms with van der Waals surface area (Å²) < 4.78 is 5.68. The summed E-state index contributed by atoms with van der Waals surface area (Å²) in [5.74, 6) is 0.220. The number of pyridine rings is 1. The molecule has 2 N–H and O–H groups in total. The molecule has 2 aliphatic heterocycles. The molecule has 144 valence electrons. The quantitative estimate of drug-likeness (QED) is 0.677. The molecule has 9 nitrogen and oxygen atoms in total. The van der Waals surface area contributed by atoms with Crippen LogP contribution in [0.1, 0.15) is 11.6 Å². The van der Waals surface area contributed by atoms with E-state index in [1.54, 1.807) is 12.3 Å². The highest BCUT2D eigenvalue weighted by Gasteiger charge is 2.47. The van der Waals surface area contributed by atoms with Gasteiger partial charge in [-0.25, -0.2) is 24.6 Å². The van der Waals surface area contributed by atoms with Gasteiger partial charge in [0.05, 0.1) is 24.1 Å². The Balaban J connectivity index is 1.48. The number of rotatable bonds is 4. The molecular weight excluding hydrogens is 394 g/mol. The summed E-state index contributed by atoms with van der Waals surface area (Å²) >= 11 is 1.12. The smallest absolute Gasteiger partial charge is 0.329 e. The molecule has 0 aliphatic carbocycles. The number of carbonyl (C=O) groups is 2. The second-order valence-corrected chi connectivity index (χ2v) is 7.45. The van der Waals surface area contributed by atoms with Gasteiger partial charge in [-0.15, -0.1) is 0 Å². The monoisotopic (exact) mass is 407 g/mol. The number of anilines is 2. The minimum absolute atomic E-state index is 0.151. The van der Waals surface area contributed by atoms with Crippen molar-refractivity contribution < 1.29 is 19.4 Å². The molecule has 2 atom stereocenters. The fourth-order valence-electron chi connectivity index (χ4n) is 3.31. The van der Waals surface area contributed by atoms with Gasteiger partial charge in [0.15, 0.2) is 5.75 Å². The van der Waals surface area contributed by atoms with Crippen LogP contribution in [0, 0.1) is 0 Å². The number of nitrogens with zero attached hydrogens (tertiary/aromatic N) is 4. The number of thioether (sulfide) groups is 1. The van der Waals surface area contributed by atoms with Gasteiger partial charge in [-0.3, -0.25) is 4.79 Å². The van der Waals surface area contributed by atoms with Gasteiger partial charge in [-0.05, 0) is 18.2 Å². The first-order chi connectivity index (χ1) is 14.1. The number of benzene rings is 1. The maximum Gasteiger partial charge on any atom is 0.329 e. The van der Waals surface area contributed by atoms with Crippen LogP contribution in [0.2, 0.25) is 0 Å². The van der Waals surface area contributed by atoms with Gasteiger partial charge >= 0.3 is 12.0 Å². The number of aliphatic carboxylic acids is 1. The van der Waals surface area contributed by atoms with Crippen molar-refractivity contribution in [2.24, 2.45) is 0 Å². The van der Waals surface area contributed by atoms with Crippen molar-refractivity contribution in [2.75, 3.05) is 4.90 Å². The highest BCUT2D eigenvalue weighted by atomic mass is 32.2. The summed E-state index contributed by atoms with van der Waals surface area (Å²) in [7, 11) is 0. The average molecular weight is 407 g/mol. The van der Waals surface area contributed by atoms with Gasteiger partial charge < -0.3 is 15.2 Å². The maximum absolute atomic E-state index is 12.8. The molecule has 0 fully saturated rings. The molecule has 2 aliphatic rings. The van der Waals surface area contributed by atoms with E-state index in [0.29, 0.717) is 27.8 Å². The van der Waals surface area contributed by atoms with Crippen molar-refractivity contribution in [3.63, 3.8) is 0 Å². The zero-order chi connectivity index (χ0) is 20.0. The van der Waals surface area contributed by atoms with Crippen molar-refractivity contribution in [3.05, 3.63) is 60.6 Å². The number of ether oxygens (including phenoxy) is 1. The lowest BCUT2D eigenvalue weighted by molar-refractivity contribution is -0.136. The summed E-state index contributed by atoms with van der Waals surface area (Å²) in [5.41, 5.74) is 1.19. The largest absolute Gasteiger partial charge is 0.480 e. The molecule has 29 heavy (non-hydrogen) atoms. The number of para-hydroxylation sites is 1. The lowest BCUT2D eigenvalue weighted by Crippen LogP contribution is -2.47. The lowest BCUT2D eigenvalue weighted by atomic mass is 10.0. The first kappa shape index (κ1) is 17.4. The van der Waals surface area contributed by atoms with Gasteiger partial charge in [0, 0.05) is 11.8 Å². The van der Waals surface area contributed by atoms with Crippen LogP contribution in [0.25, 0.3) is 0 Å². The van der Waals surface area contributed by atoms with Gasteiger partial charge in [-0.1, -0.05) is 30.0 Å². The molecule has 5 rings (SSSR count). The first-order valence-corrected chi connectivity index (χ1v) is 9.54. The molecule has 4 heterocycles. The average Bonchev–Trinajstić information content (AvgIpc) is 3.10. The normalized spacial score (nSPS) is 19.4. The van der Waals surface area contributed by atoms with Crippen molar-refractivity contribution in [1.29, 1.82) is 0 Å².